The van der Waals surface area contributed by atoms with Crippen molar-refractivity contribution < 1.29 is 9.53 Å². The van der Waals surface area contributed by atoms with Crippen LogP contribution in [0.5, 0.6) is 0 Å². The molecule has 108 valence electrons. The number of aliphatic imine (C=N–C) groups is 1. The maximum atomic E-state index is 11.4. The zero-order chi connectivity index (χ0) is 15.2. The highest BCUT2D eigenvalue weighted by Gasteiger charge is 2.08. The van der Waals surface area contributed by atoms with Crippen molar-refractivity contribution in [1.82, 2.24) is 0 Å². The number of methoxy groups -OCH3 is 1. The van der Waals surface area contributed by atoms with E-state index in [4.69, 9.17) is 0 Å². The van der Waals surface area contributed by atoms with Crippen LogP contribution in [0, 0.1) is 13.8 Å². The molecule has 21 heavy (non-hydrogen) atoms. The van der Waals surface area contributed by atoms with Crippen LogP contribution in [0.3, 0.4) is 0 Å². The molecule has 0 aliphatic rings. The zero-order valence-electron chi connectivity index (χ0n) is 12.6. The summed E-state index contributed by atoms with van der Waals surface area (Å²) in [4.78, 5) is 15.8. The highest BCUT2D eigenvalue weighted by molar-refractivity contribution is 6.13. The van der Waals surface area contributed by atoms with Crippen molar-refractivity contribution in [1.29, 1.82) is 0 Å². The molecule has 3 nitrogen and oxygen atoms in total. The molecule has 0 bridgehead atoms. The minimum atomic E-state index is -0.341. The summed E-state index contributed by atoms with van der Waals surface area (Å²) in [6.07, 6.45) is 0. The first-order valence-corrected chi connectivity index (χ1v) is 6.85. The van der Waals surface area contributed by atoms with Crippen LogP contribution >= 0.6 is 0 Å². The molecule has 0 aromatic heterocycles. The lowest BCUT2D eigenvalue weighted by Gasteiger charge is -2.08. The van der Waals surface area contributed by atoms with Gasteiger partial charge >= 0.3 is 5.97 Å². The second-order valence-corrected chi connectivity index (χ2v) is 4.97. The third-order valence-electron chi connectivity index (χ3n) is 3.24. The molecule has 2 rings (SSSR count). The van der Waals surface area contributed by atoms with Gasteiger partial charge in [-0.05, 0) is 13.8 Å². The number of aryl methyl sites for hydroxylation is 2. The van der Waals surface area contributed by atoms with E-state index in [0.717, 1.165) is 16.8 Å². The monoisotopic (exact) mass is 281 g/mol. The average Bonchev–Trinajstić information content (AvgIpc) is 2.50. The summed E-state index contributed by atoms with van der Waals surface area (Å²) < 4.78 is 4.66. The summed E-state index contributed by atoms with van der Waals surface area (Å²) in [5, 5.41) is 0. The molecule has 0 N–H and O–H groups in total. The van der Waals surface area contributed by atoms with Gasteiger partial charge in [0.25, 0.3) is 0 Å². The number of hydrogen-bond donors (Lipinski definition) is 0. The van der Waals surface area contributed by atoms with Crippen LogP contribution in [0.15, 0.2) is 53.5 Å². The summed E-state index contributed by atoms with van der Waals surface area (Å²) in [6, 6.07) is 16.2. The van der Waals surface area contributed by atoms with Crippen molar-refractivity contribution in [3.63, 3.8) is 0 Å². The van der Waals surface area contributed by atoms with Gasteiger partial charge in [0.1, 0.15) is 6.54 Å². The molecule has 0 radical (unpaired) electrons. The number of rotatable bonds is 4. The van der Waals surface area contributed by atoms with Crippen LogP contribution in [0.1, 0.15) is 22.3 Å². The number of benzene rings is 2. The largest absolute Gasteiger partial charge is 0.468 e. The standard InChI is InChI=1S/C18H19NO2/c1-13-4-8-15(9-5-13)18(19-12-17(20)21-3)16-10-6-14(2)7-11-16/h4-11H,12H2,1-3H3. The maximum absolute atomic E-state index is 11.4. The Kier molecular flexibility index (Phi) is 4.88. The van der Waals surface area contributed by atoms with Gasteiger partial charge in [-0.15, -0.1) is 0 Å². The normalized spacial score (nSPS) is 10.0. The predicted octanol–water partition coefficient (Wildman–Crippen LogP) is 3.31. The van der Waals surface area contributed by atoms with E-state index in [1.807, 2.05) is 62.4 Å². The second kappa shape index (κ2) is 6.84. The first kappa shape index (κ1) is 15.0. The van der Waals surface area contributed by atoms with Crippen LogP contribution in [-0.4, -0.2) is 25.3 Å². The van der Waals surface area contributed by atoms with Crippen LogP contribution in [-0.2, 0) is 9.53 Å². The van der Waals surface area contributed by atoms with Crippen molar-refractivity contribution in [3.8, 4) is 0 Å². The van der Waals surface area contributed by atoms with Gasteiger partial charge in [-0.2, -0.15) is 0 Å². The fourth-order valence-electron chi connectivity index (χ4n) is 1.98. The van der Waals surface area contributed by atoms with Crippen LogP contribution in [0.4, 0.5) is 0 Å². The maximum Gasteiger partial charge on any atom is 0.327 e. The van der Waals surface area contributed by atoms with Gasteiger partial charge in [-0.3, -0.25) is 9.79 Å². The van der Waals surface area contributed by atoms with Crippen molar-refractivity contribution in [2.75, 3.05) is 13.7 Å². The first-order valence-electron chi connectivity index (χ1n) is 6.85. The summed E-state index contributed by atoms with van der Waals surface area (Å²) >= 11 is 0. The Hall–Kier alpha value is -2.42. The molecule has 0 spiro atoms. The zero-order valence-corrected chi connectivity index (χ0v) is 12.6. The molecule has 0 saturated heterocycles. The van der Waals surface area contributed by atoms with Crippen molar-refractivity contribution in [3.05, 3.63) is 70.8 Å². The van der Waals surface area contributed by atoms with E-state index in [0.29, 0.717) is 0 Å². The number of esters is 1. The van der Waals surface area contributed by atoms with Gasteiger partial charge in [0, 0.05) is 11.1 Å². The Bertz CT molecular complexity index is 592. The molecule has 0 heterocycles. The summed E-state index contributed by atoms with van der Waals surface area (Å²) in [7, 11) is 1.37. The molecule has 0 unspecified atom stereocenters. The lowest BCUT2D eigenvalue weighted by atomic mass is 10.0. The Labute approximate surface area is 125 Å². The third kappa shape index (κ3) is 4.02. The molecule has 0 aliphatic heterocycles. The summed E-state index contributed by atoms with van der Waals surface area (Å²) in [6.45, 7) is 4.11. The lowest BCUT2D eigenvalue weighted by molar-refractivity contribution is -0.138. The van der Waals surface area contributed by atoms with Gasteiger partial charge < -0.3 is 4.74 Å². The van der Waals surface area contributed by atoms with Crippen molar-refractivity contribution in [2.24, 2.45) is 4.99 Å². The van der Waals surface area contributed by atoms with Crippen molar-refractivity contribution >= 4 is 11.7 Å². The average molecular weight is 281 g/mol. The van der Waals surface area contributed by atoms with Crippen LogP contribution in [0.2, 0.25) is 0 Å². The molecule has 3 heteroatoms. The molecule has 0 atom stereocenters. The smallest absolute Gasteiger partial charge is 0.327 e. The van der Waals surface area contributed by atoms with Gasteiger partial charge in [0.2, 0.25) is 0 Å². The molecule has 0 aliphatic carbocycles. The third-order valence-corrected chi connectivity index (χ3v) is 3.24. The highest BCUT2D eigenvalue weighted by atomic mass is 16.5. The number of ether oxygens (including phenoxy) is 1. The summed E-state index contributed by atoms with van der Waals surface area (Å²) in [5.41, 5.74) is 5.17. The van der Waals surface area contributed by atoms with Crippen LogP contribution < -0.4 is 0 Å². The Morgan fingerprint density at radius 1 is 0.905 bits per heavy atom. The number of nitrogens with zero attached hydrogens (tertiary/aromatic N) is 1. The SMILES string of the molecule is COC(=O)CN=C(c1ccc(C)cc1)c1ccc(C)cc1. The van der Waals surface area contributed by atoms with E-state index in [9.17, 15) is 4.79 Å². The number of carbonyl (C=O) groups excluding carboxylic acids is 1. The first-order chi connectivity index (χ1) is 10.1. The predicted molar refractivity (Wildman–Crippen MR) is 84.9 cm³/mol. The molecule has 2 aromatic carbocycles. The van der Waals surface area contributed by atoms with E-state index >= 15 is 0 Å². The summed E-state index contributed by atoms with van der Waals surface area (Å²) in [5.74, 6) is -0.341. The second-order valence-electron chi connectivity index (χ2n) is 4.97. The van der Waals surface area contributed by atoms with E-state index < -0.39 is 0 Å². The fraction of sp³-hybridized carbons (Fsp3) is 0.222. The minimum Gasteiger partial charge on any atom is -0.468 e. The van der Waals surface area contributed by atoms with Gasteiger partial charge in [-0.25, -0.2) is 0 Å². The van der Waals surface area contributed by atoms with E-state index in [1.54, 1.807) is 0 Å². The molecule has 2 aromatic rings. The van der Waals surface area contributed by atoms with Gasteiger partial charge in [0.05, 0.1) is 12.8 Å². The van der Waals surface area contributed by atoms with Gasteiger partial charge in [0.15, 0.2) is 0 Å². The molecular formula is C18H19NO2. The lowest BCUT2D eigenvalue weighted by Crippen LogP contribution is -2.10. The Balaban J connectivity index is 2.41. The fourth-order valence-corrected chi connectivity index (χ4v) is 1.98. The molecular weight excluding hydrogens is 262 g/mol. The number of carbonyl (C=O) groups is 1. The quantitative estimate of drug-likeness (QED) is 0.637. The van der Waals surface area contributed by atoms with Crippen molar-refractivity contribution in [2.45, 2.75) is 13.8 Å². The van der Waals surface area contributed by atoms with Crippen LogP contribution in [0.25, 0.3) is 0 Å². The van der Waals surface area contributed by atoms with E-state index in [1.165, 1.54) is 18.2 Å². The minimum absolute atomic E-state index is 0.0214. The van der Waals surface area contributed by atoms with E-state index in [-0.39, 0.29) is 12.5 Å². The number of hydrogen-bond acceptors (Lipinski definition) is 3. The molecule has 0 fully saturated rings. The van der Waals surface area contributed by atoms with Gasteiger partial charge in [-0.1, -0.05) is 59.7 Å². The topological polar surface area (TPSA) is 38.7 Å². The highest BCUT2D eigenvalue weighted by Crippen LogP contribution is 2.13. The molecule has 0 amide bonds. The Morgan fingerprint density at radius 2 is 1.33 bits per heavy atom. The Morgan fingerprint density at radius 3 is 1.71 bits per heavy atom. The molecule has 0 saturated carbocycles. The van der Waals surface area contributed by atoms with E-state index in [2.05, 4.69) is 9.73 Å².